The van der Waals surface area contributed by atoms with Crippen LogP contribution in [0.2, 0.25) is 5.02 Å². The molecule has 0 amide bonds. The van der Waals surface area contributed by atoms with E-state index in [9.17, 15) is 9.59 Å². The Morgan fingerprint density at radius 3 is 2.59 bits per heavy atom. The Hall–Kier alpha value is -2.53. The van der Waals surface area contributed by atoms with Crippen LogP contribution in [0.25, 0.3) is 0 Å². The topological polar surface area (TPSA) is 75.6 Å². The molecule has 0 heterocycles. The molecule has 0 saturated heterocycles. The number of carboxylic acid groups (broad SMARTS) is 1. The van der Waals surface area contributed by atoms with Crippen LogP contribution < -0.4 is 5.32 Å². The molecule has 0 atom stereocenters. The number of aliphatic carboxylic acids is 1. The Balaban J connectivity index is 2.35. The van der Waals surface area contributed by atoms with Gasteiger partial charge in [0, 0.05) is 0 Å². The smallest absolute Gasteiger partial charge is 0.339 e. The fourth-order valence-corrected chi connectivity index (χ4v) is 2.14. The van der Waals surface area contributed by atoms with E-state index in [2.05, 4.69) is 5.32 Å². The number of nitrogens with one attached hydrogen (secondary N) is 1. The first kappa shape index (κ1) is 15.9. The van der Waals surface area contributed by atoms with Gasteiger partial charge >= 0.3 is 11.9 Å². The van der Waals surface area contributed by atoms with Gasteiger partial charge in [-0.25, -0.2) is 4.79 Å². The number of ether oxygens (including phenoxy) is 1. The first-order valence-electron chi connectivity index (χ1n) is 6.46. The zero-order valence-corrected chi connectivity index (χ0v) is 12.6. The third-order valence-corrected chi connectivity index (χ3v) is 3.32. The second-order valence-corrected chi connectivity index (χ2v) is 4.95. The standard InChI is InChI=1S/C16H14ClNO4/c1-22-16(21)11-4-2-3-5-13(11)18-14-8-10(9-15(19)20)6-7-12(14)17/h2-8,18H,9H2,1H3,(H,19,20). The molecule has 0 bridgehead atoms. The molecule has 22 heavy (non-hydrogen) atoms. The summed E-state index contributed by atoms with van der Waals surface area (Å²) < 4.78 is 4.73. The molecule has 6 heteroatoms. The number of esters is 1. The third-order valence-electron chi connectivity index (χ3n) is 2.99. The van der Waals surface area contributed by atoms with Crippen LogP contribution in [0.4, 0.5) is 11.4 Å². The highest BCUT2D eigenvalue weighted by atomic mass is 35.5. The number of carbonyl (C=O) groups excluding carboxylic acids is 1. The van der Waals surface area contributed by atoms with Crippen LogP contribution in [-0.4, -0.2) is 24.2 Å². The van der Waals surface area contributed by atoms with Crippen molar-refractivity contribution < 1.29 is 19.4 Å². The summed E-state index contributed by atoms with van der Waals surface area (Å²) in [6.45, 7) is 0. The van der Waals surface area contributed by atoms with E-state index >= 15 is 0 Å². The van der Waals surface area contributed by atoms with E-state index in [-0.39, 0.29) is 6.42 Å². The fraction of sp³-hybridized carbons (Fsp3) is 0.125. The number of benzene rings is 2. The van der Waals surface area contributed by atoms with E-state index in [1.165, 1.54) is 7.11 Å². The van der Waals surface area contributed by atoms with E-state index in [0.717, 1.165) is 0 Å². The highest BCUT2D eigenvalue weighted by Crippen LogP contribution is 2.28. The number of hydrogen-bond acceptors (Lipinski definition) is 4. The average molecular weight is 320 g/mol. The average Bonchev–Trinajstić information content (AvgIpc) is 2.50. The van der Waals surface area contributed by atoms with Crippen LogP contribution >= 0.6 is 11.6 Å². The molecule has 0 aromatic heterocycles. The van der Waals surface area contributed by atoms with Crippen molar-refractivity contribution in [3.63, 3.8) is 0 Å². The first-order chi connectivity index (χ1) is 10.5. The normalized spacial score (nSPS) is 10.1. The SMILES string of the molecule is COC(=O)c1ccccc1Nc1cc(CC(=O)O)ccc1Cl. The van der Waals surface area contributed by atoms with E-state index in [0.29, 0.717) is 27.5 Å². The van der Waals surface area contributed by atoms with Gasteiger partial charge in [-0.05, 0) is 29.8 Å². The minimum Gasteiger partial charge on any atom is -0.481 e. The Bertz CT molecular complexity index is 715. The van der Waals surface area contributed by atoms with E-state index < -0.39 is 11.9 Å². The second-order valence-electron chi connectivity index (χ2n) is 4.55. The molecule has 2 aromatic rings. The molecule has 5 nitrogen and oxygen atoms in total. The number of para-hydroxylation sites is 1. The maximum absolute atomic E-state index is 11.7. The summed E-state index contributed by atoms with van der Waals surface area (Å²) >= 11 is 6.12. The van der Waals surface area contributed by atoms with Gasteiger partial charge in [-0.3, -0.25) is 4.79 Å². The van der Waals surface area contributed by atoms with Crippen molar-refractivity contribution in [1.29, 1.82) is 0 Å². The van der Waals surface area contributed by atoms with Crippen LogP contribution in [-0.2, 0) is 16.0 Å². The maximum atomic E-state index is 11.7. The molecule has 0 aliphatic carbocycles. The van der Waals surface area contributed by atoms with Crippen molar-refractivity contribution in [2.75, 3.05) is 12.4 Å². The highest BCUT2D eigenvalue weighted by Gasteiger charge is 2.13. The molecule has 2 N–H and O–H groups in total. The monoisotopic (exact) mass is 319 g/mol. The number of methoxy groups -OCH3 is 1. The summed E-state index contributed by atoms with van der Waals surface area (Å²) in [4.78, 5) is 22.5. The van der Waals surface area contributed by atoms with Crippen LogP contribution in [0.15, 0.2) is 42.5 Å². The Labute approximate surface area is 132 Å². The molecule has 0 fully saturated rings. The van der Waals surface area contributed by atoms with Crippen LogP contribution in [0.5, 0.6) is 0 Å². The summed E-state index contributed by atoms with van der Waals surface area (Å²) in [5.41, 5.74) is 2.03. The molecule has 0 saturated carbocycles. The lowest BCUT2D eigenvalue weighted by Crippen LogP contribution is -2.06. The van der Waals surface area contributed by atoms with Gasteiger partial charge in [0.2, 0.25) is 0 Å². The number of halogens is 1. The van der Waals surface area contributed by atoms with Crippen molar-refractivity contribution in [2.45, 2.75) is 6.42 Å². The molecular weight excluding hydrogens is 306 g/mol. The number of carbonyl (C=O) groups is 2. The van der Waals surface area contributed by atoms with Crippen LogP contribution in [0.3, 0.4) is 0 Å². The number of hydrogen-bond donors (Lipinski definition) is 2. The minimum atomic E-state index is -0.928. The van der Waals surface area contributed by atoms with Crippen molar-refractivity contribution in [1.82, 2.24) is 0 Å². The molecule has 2 rings (SSSR count). The maximum Gasteiger partial charge on any atom is 0.339 e. The van der Waals surface area contributed by atoms with Gasteiger partial charge in [-0.2, -0.15) is 0 Å². The molecule has 0 aliphatic heterocycles. The predicted molar refractivity (Wildman–Crippen MR) is 83.9 cm³/mol. The van der Waals surface area contributed by atoms with Gasteiger partial charge in [0.25, 0.3) is 0 Å². The quantitative estimate of drug-likeness (QED) is 0.825. The van der Waals surface area contributed by atoms with Crippen LogP contribution in [0, 0.1) is 0 Å². The van der Waals surface area contributed by atoms with Gasteiger partial charge in [0.1, 0.15) is 0 Å². The van der Waals surface area contributed by atoms with Gasteiger partial charge in [0.15, 0.2) is 0 Å². The lowest BCUT2D eigenvalue weighted by molar-refractivity contribution is -0.136. The second kappa shape index (κ2) is 6.95. The van der Waals surface area contributed by atoms with Crippen LogP contribution in [0.1, 0.15) is 15.9 Å². The summed E-state index contributed by atoms with van der Waals surface area (Å²) in [6, 6.07) is 11.7. The largest absolute Gasteiger partial charge is 0.481 e. The van der Waals surface area contributed by atoms with Crippen molar-refractivity contribution in [2.24, 2.45) is 0 Å². The molecule has 0 radical (unpaired) electrons. The van der Waals surface area contributed by atoms with Gasteiger partial charge in [0.05, 0.1) is 35.5 Å². The minimum absolute atomic E-state index is 0.107. The summed E-state index contributed by atoms with van der Waals surface area (Å²) in [7, 11) is 1.31. The first-order valence-corrected chi connectivity index (χ1v) is 6.83. The highest BCUT2D eigenvalue weighted by molar-refractivity contribution is 6.33. The molecular formula is C16H14ClNO4. The summed E-state index contributed by atoms with van der Waals surface area (Å²) in [5, 5.41) is 12.3. The fourth-order valence-electron chi connectivity index (χ4n) is 1.98. The molecule has 0 spiro atoms. The zero-order valence-electron chi connectivity index (χ0n) is 11.8. The zero-order chi connectivity index (χ0) is 16.1. The Morgan fingerprint density at radius 2 is 1.91 bits per heavy atom. The predicted octanol–water partition coefficient (Wildman–Crippen LogP) is 3.50. The van der Waals surface area contributed by atoms with Crippen molar-refractivity contribution >= 4 is 34.9 Å². The Morgan fingerprint density at radius 1 is 1.18 bits per heavy atom. The summed E-state index contributed by atoms with van der Waals surface area (Å²) in [5.74, 6) is -1.40. The number of anilines is 2. The van der Waals surface area contributed by atoms with Crippen molar-refractivity contribution in [3.8, 4) is 0 Å². The van der Waals surface area contributed by atoms with Gasteiger partial charge < -0.3 is 15.2 Å². The molecule has 0 aliphatic rings. The molecule has 114 valence electrons. The summed E-state index contributed by atoms with van der Waals surface area (Å²) in [6.07, 6.45) is -0.107. The lowest BCUT2D eigenvalue weighted by Gasteiger charge is -2.13. The van der Waals surface area contributed by atoms with Crippen molar-refractivity contribution in [3.05, 3.63) is 58.6 Å². The third kappa shape index (κ3) is 3.77. The number of rotatable bonds is 5. The van der Waals surface area contributed by atoms with Gasteiger partial charge in [-0.15, -0.1) is 0 Å². The van der Waals surface area contributed by atoms with E-state index in [1.54, 1.807) is 42.5 Å². The number of carboxylic acids is 1. The molecule has 2 aromatic carbocycles. The van der Waals surface area contributed by atoms with Gasteiger partial charge in [-0.1, -0.05) is 29.8 Å². The Kier molecular flexibility index (Phi) is 5.01. The lowest BCUT2D eigenvalue weighted by atomic mass is 10.1. The van der Waals surface area contributed by atoms with E-state index in [4.69, 9.17) is 21.4 Å². The van der Waals surface area contributed by atoms with E-state index in [1.807, 2.05) is 0 Å². The molecule has 0 unspecified atom stereocenters.